The van der Waals surface area contributed by atoms with E-state index in [-0.39, 0.29) is 6.15 Å². The van der Waals surface area contributed by atoms with Gasteiger partial charge in [0, 0.05) is 0 Å². The van der Waals surface area contributed by atoms with E-state index in [1.54, 1.807) is 0 Å². The predicted octanol–water partition coefficient (Wildman–Crippen LogP) is 2.21. The van der Waals surface area contributed by atoms with Crippen molar-refractivity contribution < 1.29 is 5.11 Å². The molecule has 0 aliphatic rings. The Bertz CT molecular complexity index is 77.3. The highest BCUT2D eigenvalue weighted by Gasteiger charge is 2.28. The molecule has 4 N–H and O–H groups in total. The van der Waals surface area contributed by atoms with Gasteiger partial charge in [-0.2, -0.15) is 0 Å². The summed E-state index contributed by atoms with van der Waals surface area (Å²) in [5.74, 6) is 0.690. The van der Waals surface area contributed by atoms with Crippen molar-refractivity contribution in [3.63, 3.8) is 0 Å². The minimum absolute atomic E-state index is 0. The fraction of sp³-hybridized carbons (Fsp3) is 1.00. The largest absolute Gasteiger partial charge is 0.390 e. The van der Waals surface area contributed by atoms with Crippen LogP contribution in [0.25, 0.3) is 0 Å². The Morgan fingerprint density at radius 2 is 1.20 bits per heavy atom. The first kappa shape index (κ1) is 12.6. The molecule has 0 bridgehead atoms. The highest BCUT2D eigenvalue weighted by Crippen LogP contribution is 2.24. The third-order valence-corrected chi connectivity index (χ3v) is 2.34. The molecule has 0 atom stereocenters. The predicted molar refractivity (Wildman–Crippen MR) is 45.3 cm³/mol. The summed E-state index contributed by atoms with van der Waals surface area (Å²) in [6.07, 6.45) is 0. The van der Waals surface area contributed by atoms with Crippen molar-refractivity contribution in [2.75, 3.05) is 0 Å². The van der Waals surface area contributed by atoms with Crippen molar-refractivity contribution in [2.45, 2.75) is 40.2 Å². The molecular weight excluding hydrogens is 126 g/mol. The Balaban J connectivity index is 0. The van der Waals surface area contributed by atoms with E-state index in [2.05, 4.69) is 0 Å². The van der Waals surface area contributed by atoms with Crippen molar-refractivity contribution in [3.8, 4) is 0 Å². The summed E-state index contributed by atoms with van der Waals surface area (Å²) in [4.78, 5) is 0. The van der Waals surface area contributed by atoms with E-state index >= 15 is 0 Å². The van der Waals surface area contributed by atoms with Crippen LogP contribution in [0, 0.1) is 11.8 Å². The fourth-order valence-electron chi connectivity index (χ4n) is 0.667. The summed E-state index contributed by atoms with van der Waals surface area (Å²) < 4.78 is 0. The van der Waals surface area contributed by atoms with Crippen molar-refractivity contribution in [1.29, 1.82) is 0 Å². The van der Waals surface area contributed by atoms with E-state index in [1.807, 2.05) is 34.6 Å². The minimum Gasteiger partial charge on any atom is -0.390 e. The van der Waals surface area contributed by atoms with Gasteiger partial charge in [-0.3, -0.25) is 0 Å². The molecule has 0 aliphatic heterocycles. The lowest BCUT2D eigenvalue weighted by atomic mass is 9.82. The highest BCUT2D eigenvalue weighted by molar-refractivity contribution is 4.79. The van der Waals surface area contributed by atoms with Gasteiger partial charge < -0.3 is 11.3 Å². The number of aliphatic hydroxyl groups is 1. The molecule has 0 unspecified atom stereocenters. The Morgan fingerprint density at radius 1 is 1.00 bits per heavy atom. The highest BCUT2D eigenvalue weighted by atomic mass is 16.3. The summed E-state index contributed by atoms with van der Waals surface area (Å²) in [6, 6.07) is 0. The van der Waals surface area contributed by atoms with E-state index in [0.29, 0.717) is 11.8 Å². The van der Waals surface area contributed by atoms with Crippen LogP contribution in [0.2, 0.25) is 0 Å². The second-order valence-electron chi connectivity index (χ2n) is 3.54. The van der Waals surface area contributed by atoms with Gasteiger partial charge in [0.25, 0.3) is 0 Å². The zero-order chi connectivity index (χ0) is 7.65. The number of rotatable bonds is 2. The topological polar surface area (TPSA) is 55.2 Å². The first-order valence-electron chi connectivity index (χ1n) is 3.61. The Morgan fingerprint density at radius 3 is 1.20 bits per heavy atom. The van der Waals surface area contributed by atoms with Gasteiger partial charge in [0.1, 0.15) is 0 Å². The molecule has 0 saturated heterocycles. The SMILES string of the molecule is CC(C)C(C)(O)C(C)C.N. The normalized spacial score (nSPS) is 12.0. The first-order valence-corrected chi connectivity index (χ1v) is 3.61. The summed E-state index contributed by atoms with van der Waals surface area (Å²) in [5, 5.41) is 9.67. The van der Waals surface area contributed by atoms with Crippen LogP contribution in [0.3, 0.4) is 0 Å². The van der Waals surface area contributed by atoms with Crippen LogP contribution < -0.4 is 6.15 Å². The lowest BCUT2D eigenvalue weighted by molar-refractivity contribution is -0.0289. The maximum absolute atomic E-state index is 9.67. The van der Waals surface area contributed by atoms with Crippen molar-refractivity contribution in [2.24, 2.45) is 11.8 Å². The van der Waals surface area contributed by atoms with Crippen LogP contribution in [0.1, 0.15) is 34.6 Å². The number of hydrogen-bond donors (Lipinski definition) is 2. The molecule has 0 aromatic rings. The van der Waals surface area contributed by atoms with E-state index in [1.165, 1.54) is 0 Å². The summed E-state index contributed by atoms with van der Waals surface area (Å²) in [6.45, 7) is 10.1. The molecule has 2 heteroatoms. The maximum atomic E-state index is 9.67. The molecule has 10 heavy (non-hydrogen) atoms. The van der Waals surface area contributed by atoms with Gasteiger partial charge >= 0.3 is 0 Å². The van der Waals surface area contributed by atoms with Crippen molar-refractivity contribution >= 4 is 0 Å². The van der Waals surface area contributed by atoms with Gasteiger partial charge in [-0.15, -0.1) is 0 Å². The molecule has 0 saturated carbocycles. The van der Waals surface area contributed by atoms with Crippen molar-refractivity contribution in [1.82, 2.24) is 6.15 Å². The van der Waals surface area contributed by atoms with Gasteiger partial charge in [-0.25, -0.2) is 0 Å². The molecule has 0 fully saturated rings. The molecule has 0 heterocycles. The summed E-state index contributed by atoms with van der Waals surface area (Å²) >= 11 is 0. The maximum Gasteiger partial charge on any atom is 0.0665 e. The molecular formula is C8H21NO. The Labute approximate surface area is 64.2 Å². The van der Waals surface area contributed by atoms with Crippen LogP contribution in [0.4, 0.5) is 0 Å². The summed E-state index contributed by atoms with van der Waals surface area (Å²) in [5.41, 5.74) is -0.500. The Kier molecular flexibility index (Phi) is 4.96. The smallest absolute Gasteiger partial charge is 0.0665 e. The molecule has 0 spiro atoms. The van der Waals surface area contributed by atoms with E-state index in [9.17, 15) is 5.11 Å². The molecule has 0 radical (unpaired) electrons. The van der Waals surface area contributed by atoms with E-state index in [4.69, 9.17) is 0 Å². The average molecular weight is 147 g/mol. The van der Waals surface area contributed by atoms with Crippen LogP contribution in [-0.2, 0) is 0 Å². The lowest BCUT2D eigenvalue weighted by Crippen LogP contribution is -2.36. The number of hydrogen-bond acceptors (Lipinski definition) is 2. The van der Waals surface area contributed by atoms with Gasteiger partial charge in [0.2, 0.25) is 0 Å². The van der Waals surface area contributed by atoms with Crippen LogP contribution >= 0.6 is 0 Å². The van der Waals surface area contributed by atoms with E-state index in [0.717, 1.165) is 0 Å². The van der Waals surface area contributed by atoms with Gasteiger partial charge in [0.15, 0.2) is 0 Å². The second-order valence-corrected chi connectivity index (χ2v) is 3.54. The first-order chi connectivity index (χ1) is 3.89. The molecule has 0 amide bonds. The van der Waals surface area contributed by atoms with Gasteiger partial charge in [-0.1, -0.05) is 27.7 Å². The molecule has 0 aliphatic carbocycles. The fourth-order valence-corrected chi connectivity index (χ4v) is 0.667. The summed E-state index contributed by atoms with van der Waals surface area (Å²) in [7, 11) is 0. The monoisotopic (exact) mass is 147 g/mol. The molecule has 2 nitrogen and oxygen atoms in total. The third-order valence-electron chi connectivity index (χ3n) is 2.34. The third kappa shape index (κ3) is 2.67. The average Bonchev–Trinajstić information content (AvgIpc) is 1.65. The van der Waals surface area contributed by atoms with Gasteiger partial charge in [0.05, 0.1) is 5.60 Å². The lowest BCUT2D eigenvalue weighted by Gasteiger charge is -2.31. The van der Waals surface area contributed by atoms with Gasteiger partial charge in [-0.05, 0) is 18.8 Å². The molecule has 64 valence electrons. The molecule has 0 aromatic heterocycles. The molecule has 0 aromatic carbocycles. The van der Waals surface area contributed by atoms with E-state index < -0.39 is 5.60 Å². The zero-order valence-corrected chi connectivity index (χ0v) is 7.81. The van der Waals surface area contributed by atoms with Crippen molar-refractivity contribution in [3.05, 3.63) is 0 Å². The zero-order valence-electron chi connectivity index (χ0n) is 7.81. The van der Waals surface area contributed by atoms with Crippen LogP contribution in [0.15, 0.2) is 0 Å². The quantitative estimate of drug-likeness (QED) is 0.629. The Hall–Kier alpha value is -0.0800. The van der Waals surface area contributed by atoms with Crippen LogP contribution in [-0.4, -0.2) is 10.7 Å². The molecule has 0 rings (SSSR count). The minimum atomic E-state index is -0.500. The standard InChI is InChI=1S/C8H18O.H3N/c1-6(2)8(5,9)7(3)4;/h6-7,9H,1-5H3;1H3. The van der Waals surface area contributed by atoms with Crippen LogP contribution in [0.5, 0.6) is 0 Å². The second kappa shape index (κ2) is 3.94.